The number of halogens is 1. The normalized spacial score (nSPS) is 16.8. The lowest BCUT2D eigenvalue weighted by Gasteiger charge is -2.30. The number of ether oxygens (including phenoxy) is 1. The topological polar surface area (TPSA) is 75.4 Å². The van der Waals surface area contributed by atoms with E-state index in [2.05, 4.69) is 38.8 Å². The molecule has 0 N–H and O–H groups in total. The van der Waals surface area contributed by atoms with Crippen LogP contribution >= 0.6 is 15.9 Å². The molecule has 4 rings (SSSR count). The number of benzene rings is 1. The Morgan fingerprint density at radius 3 is 2.82 bits per heavy atom. The first-order valence-electron chi connectivity index (χ1n) is 9.25. The van der Waals surface area contributed by atoms with E-state index in [1.165, 1.54) is 6.42 Å². The summed E-state index contributed by atoms with van der Waals surface area (Å²) in [5, 5.41) is 9.46. The Balaban J connectivity index is 1.49. The van der Waals surface area contributed by atoms with Gasteiger partial charge in [-0.3, -0.25) is 0 Å². The fourth-order valence-corrected chi connectivity index (χ4v) is 3.60. The van der Waals surface area contributed by atoms with E-state index in [1.807, 2.05) is 30.3 Å². The van der Waals surface area contributed by atoms with Crippen molar-refractivity contribution in [3.8, 4) is 23.5 Å². The van der Waals surface area contributed by atoms with Crippen molar-refractivity contribution in [2.45, 2.75) is 26.4 Å². The highest BCUT2D eigenvalue weighted by atomic mass is 79.9. The number of hydrogen-bond donors (Lipinski definition) is 0. The molecule has 7 heteroatoms. The second-order valence-electron chi connectivity index (χ2n) is 6.99. The van der Waals surface area contributed by atoms with Crippen LogP contribution in [0.2, 0.25) is 0 Å². The van der Waals surface area contributed by atoms with Gasteiger partial charge in [0.05, 0.1) is 0 Å². The van der Waals surface area contributed by atoms with E-state index < -0.39 is 0 Å². The Kier molecular flexibility index (Phi) is 5.40. The van der Waals surface area contributed by atoms with Crippen LogP contribution in [0.15, 0.2) is 49.7 Å². The lowest BCUT2D eigenvalue weighted by molar-refractivity contribution is 0.271. The molecular formula is C21H20BrN3O3. The number of oxazole rings is 1. The molecule has 0 radical (unpaired) electrons. The molecule has 0 amide bonds. The van der Waals surface area contributed by atoms with Gasteiger partial charge in [0.25, 0.3) is 5.89 Å². The Labute approximate surface area is 171 Å². The molecule has 1 aliphatic heterocycles. The number of hydrogen-bond acceptors (Lipinski definition) is 6. The second kappa shape index (κ2) is 8.11. The fourth-order valence-electron chi connectivity index (χ4n) is 3.33. The SMILES string of the molecule is C[C@@H]1CCCN(c2oc(-c3ccc(COc4ccc(Br)cc4)o3)nc2C#N)C1. The minimum Gasteiger partial charge on any atom is -0.486 e. The molecule has 6 nitrogen and oxygen atoms in total. The van der Waals surface area contributed by atoms with Gasteiger partial charge < -0.3 is 18.5 Å². The molecule has 0 spiro atoms. The molecule has 0 bridgehead atoms. The van der Waals surface area contributed by atoms with Gasteiger partial charge in [-0.2, -0.15) is 10.2 Å². The lowest BCUT2D eigenvalue weighted by Crippen LogP contribution is -2.34. The van der Waals surface area contributed by atoms with E-state index >= 15 is 0 Å². The van der Waals surface area contributed by atoms with Crippen LogP contribution in [0.25, 0.3) is 11.7 Å². The van der Waals surface area contributed by atoms with Crippen molar-refractivity contribution in [2.24, 2.45) is 5.92 Å². The number of nitrogens with zero attached hydrogens (tertiary/aromatic N) is 3. The van der Waals surface area contributed by atoms with E-state index in [-0.39, 0.29) is 0 Å². The molecular weight excluding hydrogens is 422 g/mol. The summed E-state index contributed by atoms with van der Waals surface area (Å²) in [5.41, 5.74) is 0.299. The van der Waals surface area contributed by atoms with Gasteiger partial charge in [-0.25, -0.2) is 0 Å². The predicted octanol–water partition coefficient (Wildman–Crippen LogP) is 5.38. The first-order chi connectivity index (χ1) is 13.6. The number of furan rings is 1. The highest BCUT2D eigenvalue weighted by molar-refractivity contribution is 9.10. The number of nitriles is 1. The third-order valence-electron chi connectivity index (χ3n) is 4.73. The first-order valence-corrected chi connectivity index (χ1v) is 10.0. The summed E-state index contributed by atoms with van der Waals surface area (Å²) >= 11 is 3.40. The van der Waals surface area contributed by atoms with E-state index in [9.17, 15) is 5.26 Å². The van der Waals surface area contributed by atoms with Gasteiger partial charge in [0.2, 0.25) is 11.6 Å². The van der Waals surface area contributed by atoms with Gasteiger partial charge in [-0.05, 0) is 55.2 Å². The summed E-state index contributed by atoms with van der Waals surface area (Å²) < 4.78 is 18.5. The van der Waals surface area contributed by atoms with E-state index in [1.54, 1.807) is 6.07 Å². The van der Waals surface area contributed by atoms with Gasteiger partial charge in [-0.1, -0.05) is 22.9 Å². The second-order valence-corrected chi connectivity index (χ2v) is 7.90. The van der Waals surface area contributed by atoms with E-state index in [4.69, 9.17) is 13.6 Å². The van der Waals surface area contributed by atoms with Crippen molar-refractivity contribution in [2.75, 3.05) is 18.0 Å². The monoisotopic (exact) mass is 441 g/mol. The number of piperidine rings is 1. The van der Waals surface area contributed by atoms with Crippen molar-refractivity contribution in [1.82, 2.24) is 4.98 Å². The van der Waals surface area contributed by atoms with Crippen molar-refractivity contribution in [3.05, 3.63) is 52.3 Å². The third-order valence-corrected chi connectivity index (χ3v) is 5.26. The van der Waals surface area contributed by atoms with Crippen LogP contribution in [-0.2, 0) is 6.61 Å². The summed E-state index contributed by atoms with van der Waals surface area (Å²) in [6.45, 7) is 4.25. The third kappa shape index (κ3) is 4.07. The van der Waals surface area contributed by atoms with Gasteiger partial charge in [0.15, 0.2) is 5.76 Å². The molecule has 1 aliphatic rings. The molecule has 1 saturated heterocycles. The largest absolute Gasteiger partial charge is 0.486 e. The van der Waals surface area contributed by atoms with E-state index in [0.717, 1.165) is 29.7 Å². The molecule has 3 aromatic rings. The standard InChI is InChI=1S/C21H20BrN3O3/c1-14-3-2-10-25(12-14)21-18(11-23)24-20(28-21)19-9-8-17(27-19)13-26-16-6-4-15(22)5-7-16/h4-9,14H,2-3,10,12-13H2,1H3/t14-/m1/s1. The average Bonchev–Trinajstić information content (AvgIpc) is 3.34. The van der Waals surface area contributed by atoms with Gasteiger partial charge in [0, 0.05) is 17.6 Å². The summed E-state index contributed by atoms with van der Waals surface area (Å²) in [6.07, 6.45) is 2.28. The Morgan fingerprint density at radius 1 is 1.25 bits per heavy atom. The van der Waals surface area contributed by atoms with Crippen LogP contribution in [0.3, 0.4) is 0 Å². The molecule has 0 saturated carbocycles. The Bertz CT molecular complexity index is 987. The minimum absolute atomic E-state index is 0.296. The minimum atomic E-state index is 0.296. The molecule has 2 aromatic heterocycles. The lowest BCUT2D eigenvalue weighted by atomic mass is 10.0. The molecule has 1 atom stereocenters. The highest BCUT2D eigenvalue weighted by Crippen LogP contribution is 2.32. The van der Waals surface area contributed by atoms with Gasteiger partial charge >= 0.3 is 0 Å². The first kappa shape index (κ1) is 18.6. The quantitative estimate of drug-likeness (QED) is 0.528. The Hall–Kier alpha value is -2.72. The maximum Gasteiger partial charge on any atom is 0.266 e. The zero-order valence-electron chi connectivity index (χ0n) is 15.5. The molecule has 1 aromatic carbocycles. The van der Waals surface area contributed by atoms with Crippen molar-refractivity contribution in [1.29, 1.82) is 5.26 Å². The van der Waals surface area contributed by atoms with Crippen LogP contribution in [0.5, 0.6) is 5.75 Å². The zero-order valence-corrected chi connectivity index (χ0v) is 17.1. The maximum atomic E-state index is 9.46. The van der Waals surface area contributed by atoms with Crippen LogP contribution in [0.4, 0.5) is 5.88 Å². The van der Waals surface area contributed by atoms with E-state index in [0.29, 0.717) is 41.5 Å². The number of anilines is 1. The van der Waals surface area contributed by atoms with Gasteiger partial charge in [0.1, 0.15) is 24.2 Å². The highest BCUT2D eigenvalue weighted by Gasteiger charge is 2.25. The molecule has 0 unspecified atom stereocenters. The maximum absolute atomic E-state index is 9.46. The zero-order chi connectivity index (χ0) is 19.5. The molecule has 1 fully saturated rings. The summed E-state index contributed by atoms with van der Waals surface area (Å²) in [4.78, 5) is 6.43. The van der Waals surface area contributed by atoms with Crippen LogP contribution in [0, 0.1) is 17.2 Å². The van der Waals surface area contributed by atoms with Crippen LogP contribution < -0.4 is 9.64 Å². The molecule has 3 heterocycles. The molecule has 28 heavy (non-hydrogen) atoms. The Morgan fingerprint density at radius 2 is 2.07 bits per heavy atom. The summed E-state index contributed by atoms with van der Waals surface area (Å²) in [7, 11) is 0. The summed E-state index contributed by atoms with van der Waals surface area (Å²) in [6, 6.07) is 13.4. The smallest absolute Gasteiger partial charge is 0.266 e. The molecule has 144 valence electrons. The van der Waals surface area contributed by atoms with Gasteiger partial charge in [-0.15, -0.1) is 0 Å². The fraction of sp³-hybridized carbons (Fsp3) is 0.333. The van der Waals surface area contributed by atoms with Crippen molar-refractivity contribution >= 4 is 21.8 Å². The predicted molar refractivity (Wildman–Crippen MR) is 108 cm³/mol. The molecule has 0 aliphatic carbocycles. The van der Waals surface area contributed by atoms with Crippen molar-refractivity contribution in [3.63, 3.8) is 0 Å². The van der Waals surface area contributed by atoms with Crippen molar-refractivity contribution < 1.29 is 13.6 Å². The van der Waals surface area contributed by atoms with Crippen LogP contribution in [-0.4, -0.2) is 18.1 Å². The number of aromatic nitrogens is 1. The average molecular weight is 442 g/mol. The number of rotatable bonds is 5. The van der Waals surface area contributed by atoms with Crippen LogP contribution in [0.1, 0.15) is 31.2 Å². The summed E-state index contributed by atoms with van der Waals surface area (Å²) in [5.74, 6) is 3.32.